The van der Waals surface area contributed by atoms with E-state index in [0.717, 1.165) is 24.4 Å². The highest BCUT2D eigenvalue weighted by Crippen LogP contribution is 2.12. The van der Waals surface area contributed by atoms with Gasteiger partial charge in [0.25, 0.3) is 0 Å². The Hall–Kier alpha value is -2.30. The zero-order chi connectivity index (χ0) is 14.9. The zero-order valence-electron chi connectivity index (χ0n) is 12.5. The lowest BCUT2D eigenvalue weighted by atomic mass is 10.3. The maximum Gasteiger partial charge on any atom is 0.226 e. The fourth-order valence-electron chi connectivity index (χ4n) is 1.75. The molecule has 0 amide bonds. The molecule has 0 aliphatic rings. The molecule has 0 radical (unpaired) electrons. The van der Waals surface area contributed by atoms with Crippen LogP contribution in [0.3, 0.4) is 0 Å². The van der Waals surface area contributed by atoms with Crippen LogP contribution in [-0.4, -0.2) is 29.7 Å². The van der Waals surface area contributed by atoms with Crippen molar-refractivity contribution < 1.29 is 9.47 Å². The quantitative estimate of drug-likeness (QED) is 0.756. The van der Waals surface area contributed by atoms with Crippen LogP contribution in [-0.2, 0) is 0 Å². The van der Waals surface area contributed by atoms with Crippen molar-refractivity contribution in [3.8, 4) is 11.6 Å². The molecule has 112 valence electrons. The highest BCUT2D eigenvalue weighted by Gasteiger charge is 2.03. The Bertz CT molecular complexity index is 546. The Morgan fingerprint density at radius 3 is 2.57 bits per heavy atom. The molecule has 0 bridgehead atoms. The number of benzene rings is 1. The minimum atomic E-state index is 0.443. The average Bonchev–Trinajstić information content (AvgIpc) is 2.50. The second kappa shape index (κ2) is 8.09. The number of anilines is 1. The van der Waals surface area contributed by atoms with E-state index < -0.39 is 0 Å². The van der Waals surface area contributed by atoms with Gasteiger partial charge in [-0.15, -0.1) is 0 Å². The molecule has 0 saturated carbocycles. The number of rotatable bonds is 8. The summed E-state index contributed by atoms with van der Waals surface area (Å²) < 4.78 is 11.2. The summed E-state index contributed by atoms with van der Waals surface area (Å²) >= 11 is 0. The van der Waals surface area contributed by atoms with Gasteiger partial charge in [-0.1, -0.05) is 25.1 Å². The molecular weight excluding hydrogens is 266 g/mol. The molecular formula is C16H21N3O2. The minimum Gasteiger partial charge on any atom is -0.490 e. The molecule has 1 aromatic heterocycles. The summed E-state index contributed by atoms with van der Waals surface area (Å²) in [6, 6.07) is 11.5. The van der Waals surface area contributed by atoms with Gasteiger partial charge in [0.2, 0.25) is 11.8 Å². The predicted octanol–water partition coefficient (Wildman–Crippen LogP) is 3.06. The third-order valence-electron chi connectivity index (χ3n) is 2.71. The van der Waals surface area contributed by atoms with E-state index in [9.17, 15) is 0 Å². The third kappa shape index (κ3) is 5.30. The highest BCUT2D eigenvalue weighted by atomic mass is 16.5. The maximum atomic E-state index is 5.61. The van der Waals surface area contributed by atoms with Crippen LogP contribution < -0.4 is 14.8 Å². The topological polar surface area (TPSA) is 56.3 Å². The van der Waals surface area contributed by atoms with Crippen LogP contribution >= 0.6 is 0 Å². The van der Waals surface area contributed by atoms with Crippen LogP contribution in [0, 0.1) is 6.92 Å². The Labute approximate surface area is 125 Å². The monoisotopic (exact) mass is 287 g/mol. The molecule has 0 unspecified atom stereocenters. The SMILES string of the molecule is CCCNc1nc(C)cc(OCCOc2ccccc2)n1. The number of nitrogens with zero attached hydrogens (tertiary/aromatic N) is 2. The van der Waals surface area contributed by atoms with Gasteiger partial charge in [0.1, 0.15) is 19.0 Å². The molecule has 0 fully saturated rings. The van der Waals surface area contributed by atoms with Gasteiger partial charge in [-0.25, -0.2) is 4.98 Å². The van der Waals surface area contributed by atoms with Crippen LogP contribution in [0.15, 0.2) is 36.4 Å². The number of para-hydroxylation sites is 1. The van der Waals surface area contributed by atoms with E-state index in [-0.39, 0.29) is 0 Å². The Kier molecular flexibility index (Phi) is 5.82. The number of hydrogen-bond donors (Lipinski definition) is 1. The summed E-state index contributed by atoms with van der Waals surface area (Å²) in [6.07, 6.45) is 1.03. The summed E-state index contributed by atoms with van der Waals surface area (Å²) in [5.74, 6) is 2.01. The van der Waals surface area contributed by atoms with Crippen molar-refractivity contribution in [2.75, 3.05) is 25.1 Å². The largest absolute Gasteiger partial charge is 0.490 e. The summed E-state index contributed by atoms with van der Waals surface area (Å²) in [6.45, 7) is 5.79. The number of aromatic nitrogens is 2. The molecule has 0 spiro atoms. The van der Waals surface area contributed by atoms with Crippen LogP contribution in [0.5, 0.6) is 11.6 Å². The summed E-state index contributed by atoms with van der Waals surface area (Å²) in [7, 11) is 0. The summed E-state index contributed by atoms with van der Waals surface area (Å²) in [4.78, 5) is 8.63. The van der Waals surface area contributed by atoms with Gasteiger partial charge >= 0.3 is 0 Å². The third-order valence-corrected chi connectivity index (χ3v) is 2.71. The number of ether oxygens (including phenoxy) is 2. The minimum absolute atomic E-state index is 0.443. The summed E-state index contributed by atoms with van der Waals surface area (Å²) in [5, 5.41) is 3.16. The average molecular weight is 287 g/mol. The van der Waals surface area contributed by atoms with Crippen molar-refractivity contribution in [2.24, 2.45) is 0 Å². The molecule has 1 N–H and O–H groups in total. The molecule has 0 atom stereocenters. The molecule has 2 rings (SSSR count). The molecule has 2 aromatic rings. The number of aryl methyl sites for hydroxylation is 1. The molecule has 21 heavy (non-hydrogen) atoms. The lowest BCUT2D eigenvalue weighted by molar-refractivity contribution is 0.212. The standard InChI is InChI=1S/C16H21N3O2/c1-3-9-17-16-18-13(2)12-15(19-16)21-11-10-20-14-7-5-4-6-8-14/h4-8,12H,3,9-11H2,1-2H3,(H,17,18,19). The van der Waals surface area contributed by atoms with Crippen molar-refractivity contribution in [1.82, 2.24) is 9.97 Å². The molecule has 1 heterocycles. The summed E-state index contributed by atoms with van der Waals surface area (Å²) in [5.41, 5.74) is 0.877. The molecule has 0 aliphatic heterocycles. The van der Waals surface area contributed by atoms with E-state index in [2.05, 4.69) is 22.2 Å². The molecule has 0 saturated heterocycles. The van der Waals surface area contributed by atoms with Gasteiger partial charge in [-0.2, -0.15) is 4.98 Å². The first-order valence-corrected chi connectivity index (χ1v) is 7.18. The van der Waals surface area contributed by atoms with Gasteiger partial charge in [-0.3, -0.25) is 0 Å². The number of hydrogen-bond acceptors (Lipinski definition) is 5. The van der Waals surface area contributed by atoms with Gasteiger partial charge < -0.3 is 14.8 Å². The second-order valence-corrected chi connectivity index (χ2v) is 4.61. The Morgan fingerprint density at radius 2 is 1.81 bits per heavy atom. The van der Waals surface area contributed by atoms with E-state index in [4.69, 9.17) is 9.47 Å². The molecule has 0 aliphatic carbocycles. The molecule has 1 aromatic carbocycles. The van der Waals surface area contributed by atoms with Crippen molar-refractivity contribution >= 4 is 5.95 Å². The van der Waals surface area contributed by atoms with Crippen molar-refractivity contribution in [3.63, 3.8) is 0 Å². The van der Waals surface area contributed by atoms with Crippen LogP contribution in [0.1, 0.15) is 19.0 Å². The first kappa shape index (κ1) is 15.1. The van der Waals surface area contributed by atoms with E-state index in [1.807, 2.05) is 43.3 Å². The Balaban J connectivity index is 1.81. The van der Waals surface area contributed by atoms with Gasteiger partial charge in [0.15, 0.2) is 0 Å². The number of nitrogens with one attached hydrogen (secondary N) is 1. The zero-order valence-corrected chi connectivity index (χ0v) is 12.5. The Morgan fingerprint density at radius 1 is 1.05 bits per heavy atom. The van der Waals surface area contributed by atoms with E-state index in [1.165, 1.54) is 0 Å². The molecule has 5 heteroatoms. The first-order valence-electron chi connectivity index (χ1n) is 7.18. The maximum absolute atomic E-state index is 5.61. The van der Waals surface area contributed by atoms with Gasteiger partial charge in [0, 0.05) is 18.3 Å². The fourth-order valence-corrected chi connectivity index (χ4v) is 1.75. The predicted molar refractivity (Wildman–Crippen MR) is 83.0 cm³/mol. The normalized spacial score (nSPS) is 10.2. The second-order valence-electron chi connectivity index (χ2n) is 4.61. The van der Waals surface area contributed by atoms with Crippen molar-refractivity contribution in [2.45, 2.75) is 20.3 Å². The lowest BCUT2D eigenvalue weighted by Crippen LogP contribution is -2.11. The van der Waals surface area contributed by atoms with Gasteiger partial charge in [0.05, 0.1) is 0 Å². The van der Waals surface area contributed by atoms with Crippen LogP contribution in [0.2, 0.25) is 0 Å². The van der Waals surface area contributed by atoms with Crippen LogP contribution in [0.25, 0.3) is 0 Å². The van der Waals surface area contributed by atoms with E-state index >= 15 is 0 Å². The van der Waals surface area contributed by atoms with Crippen molar-refractivity contribution in [1.29, 1.82) is 0 Å². The smallest absolute Gasteiger partial charge is 0.226 e. The lowest BCUT2D eigenvalue weighted by Gasteiger charge is -2.10. The van der Waals surface area contributed by atoms with Gasteiger partial charge in [-0.05, 0) is 25.5 Å². The first-order chi connectivity index (χ1) is 10.3. The van der Waals surface area contributed by atoms with Crippen molar-refractivity contribution in [3.05, 3.63) is 42.1 Å². The van der Waals surface area contributed by atoms with E-state index in [0.29, 0.717) is 25.0 Å². The molecule has 5 nitrogen and oxygen atoms in total. The van der Waals surface area contributed by atoms with E-state index in [1.54, 1.807) is 0 Å². The highest BCUT2D eigenvalue weighted by molar-refractivity contribution is 5.30. The van der Waals surface area contributed by atoms with Crippen LogP contribution in [0.4, 0.5) is 5.95 Å². The fraction of sp³-hybridized carbons (Fsp3) is 0.375.